The molecule has 2 aromatic heterocycles. The first-order chi connectivity index (χ1) is 9.52. The third kappa shape index (κ3) is 1.79. The Labute approximate surface area is 111 Å². The number of hydrogen-bond donors (Lipinski definition) is 4. The second-order valence-electron chi connectivity index (χ2n) is 4.59. The van der Waals surface area contributed by atoms with Crippen LogP contribution in [0.1, 0.15) is 6.23 Å². The van der Waals surface area contributed by atoms with Crippen LogP contribution in [0, 0.1) is 0 Å². The van der Waals surface area contributed by atoms with Crippen molar-refractivity contribution in [3.8, 4) is 0 Å². The molecule has 0 aliphatic carbocycles. The number of aromatic nitrogens is 3. The van der Waals surface area contributed by atoms with E-state index in [0.29, 0.717) is 0 Å². The Morgan fingerprint density at radius 2 is 2.35 bits per heavy atom. The SMILES string of the molecule is Nc1nc2c(ccn2[C@@H]2O[C@H](CO)C(F)C2O)c(=O)[nH]1. The highest BCUT2D eigenvalue weighted by molar-refractivity contribution is 5.76. The molecule has 0 saturated carbocycles. The van der Waals surface area contributed by atoms with E-state index in [4.69, 9.17) is 15.6 Å². The summed E-state index contributed by atoms with van der Waals surface area (Å²) in [6, 6.07) is 1.47. The molecule has 0 radical (unpaired) electrons. The van der Waals surface area contributed by atoms with E-state index in [9.17, 15) is 14.3 Å². The number of rotatable bonds is 2. The van der Waals surface area contributed by atoms with E-state index >= 15 is 0 Å². The van der Waals surface area contributed by atoms with Gasteiger partial charge in [0, 0.05) is 6.20 Å². The highest BCUT2D eigenvalue weighted by atomic mass is 19.1. The molecule has 4 atom stereocenters. The molecule has 0 amide bonds. The molecule has 5 N–H and O–H groups in total. The standard InChI is InChI=1S/C11H13FN4O4/c12-6-5(3-17)20-10(7(6)18)16-2-1-4-8(16)14-11(13)15-9(4)19/h1-2,5-7,10,17-18H,3H2,(H3,13,14,15,19)/t5-,6?,7?,10-/m1/s1. The number of aromatic amines is 1. The van der Waals surface area contributed by atoms with E-state index in [0.717, 1.165) is 0 Å². The van der Waals surface area contributed by atoms with E-state index in [1.54, 1.807) is 0 Å². The van der Waals surface area contributed by atoms with Crippen LogP contribution < -0.4 is 11.3 Å². The first kappa shape index (κ1) is 13.0. The van der Waals surface area contributed by atoms with Crippen molar-refractivity contribution in [2.45, 2.75) is 24.6 Å². The number of ether oxygens (including phenoxy) is 1. The van der Waals surface area contributed by atoms with Crippen molar-refractivity contribution < 1.29 is 19.3 Å². The molecule has 1 saturated heterocycles. The Balaban J connectivity index is 2.09. The molecule has 8 nitrogen and oxygen atoms in total. The predicted molar refractivity (Wildman–Crippen MR) is 66.7 cm³/mol. The first-order valence-corrected chi connectivity index (χ1v) is 5.97. The van der Waals surface area contributed by atoms with Crippen molar-refractivity contribution in [2.24, 2.45) is 0 Å². The third-order valence-corrected chi connectivity index (χ3v) is 3.34. The predicted octanol–water partition coefficient (Wildman–Crippen LogP) is -1.10. The van der Waals surface area contributed by atoms with Gasteiger partial charge in [-0.2, -0.15) is 4.98 Å². The van der Waals surface area contributed by atoms with Gasteiger partial charge in [0.05, 0.1) is 12.0 Å². The van der Waals surface area contributed by atoms with Gasteiger partial charge in [-0.05, 0) is 6.07 Å². The summed E-state index contributed by atoms with van der Waals surface area (Å²) >= 11 is 0. The molecule has 9 heteroatoms. The van der Waals surface area contributed by atoms with Gasteiger partial charge in [0.2, 0.25) is 5.95 Å². The number of nitrogens with zero attached hydrogens (tertiary/aromatic N) is 2. The van der Waals surface area contributed by atoms with Gasteiger partial charge in [-0.25, -0.2) is 4.39 Å². The molecule has 0 spiro atoms. The normalized spacial score (nSPS) is 30.1. The molecular weight excluding hydrogens is 271 g/mol. The smallest absolute Gasteiger partial charge is 0.261 e. The number of nitrogen functional groups attached to an aromatic ring is 1. The van der Waals surface area contributed by atoms with Crippen LogP contribution in [0.2, 0.25) is 0 Å². The van der Waals surface area contributed by atoms with E-state index in [1.807, 2.05) is 0 Å². The summed E-state index contributed by atoms with van der Waals surface area (Å²) < 4.78 is 20.3. The Morgan fingerprint density at radius 3 is 3.00 bits per heavy atom. The van der Waals surface area contributed by atoms with Gasteiger partial charge in [0.1, 0.15) is 12.2 Å². The number of aliphatic hydroxyl groups is 2. The van der Waals surface area contributed by atoms with Crippen LogP contribution in [-0.4, -0.2) is 49.7 Å². The van der Waals surface area contributed by atoms with Crippen LogP contribution in [0.4, 0.5) is 10.3 Å². The maximum Gasteiger partial charge on any atom is 0.261 e. The molecule has 1 aliphatic rings. The van der Waals surface area contributed by atoms with Crippen LogP contribution in [0.15, 0.2) is 17.1 Å². The molecule has 20 heavy (non-hydrogen) atoms. The minimum atomic E-state index is -1.72. The number of aliphatic hydroxyl groups excluding tert-OH is 2. The maximum absolute atomic E-state index is 13.7. The Bertz CT molecular complexity index is 699. The quantitative estimate of drug-likeness (QED) is 0.554. The molecule has 3 rings (SSSR count). The monoisotopic (exact) mass is 284 g/mol. The second kappa shape index (κ2) is 4.54. The zero-order valence-electron chi connectivity index (χ0n) is 10.2. The average Bonchev–Trinajstić information content (AvgIpc) is 2.93. The van der Waals surface area contributed by atoms with Gasteiger partial charge in [0.25, 0.3) is 5.56 Å². The average molecular weight is 284 g/mol. The molecule has 1 aliphatic heterocycles. The number of anilines is 1. The van der Waals surface area contributed by atoms with Crippen LogP contribution in [0.5, 0.6) is 0 Å². The Kier molecular flexibility index (Phi) is 2.96. The van der Waals surface area contributed by atoms with E-state index in [2.05, 4.69) is 9.97 Å². The summed E-state index contributed by atoms with van der Waals surface area (Å²) in [5.41, 5.74) is 5.22. The Morgan fingerprint density at radius 1 is 1.60 bits per heavy atom. The van der Waals surface area contributed by atoms with Crippen LogP contribution in [0.3, 0.4) is 0 Å². The summed E-state index contributed by atoms with van der Waals surface area (Å²) in [4.78, 5) is 18.0. The molecule has 2 aromatic rings. The fourth-order valence-electron chi connectivity index (χ4n) is 2.35. The lowest BCUT2D eigenvalue weighted by atomic mass is 10.1. The van der Waals surface area contributed by atoms with E-state index in [1.165, 1.54) is 16.8 Å². The third-order valence-electron chi connectivity index (χ3n) is 3.34. The van der Waals surface area contributed by atoms with Crippen LogP contribution >= 0.6 is 0 Å². The van der Waals surface area contributed by atoms with Gasteiger partial charge in [-0.1, -0.05) is 0 Å². The highest BCUT2D eigenvalue weighted by Gasteiger charge is 2.45. The van der Waals surface area contributed by atoms with Gasteiger partial charge in [-0.15, -0.1) is 0 Å². The van der Waals surface area contributed by atoms with Crippen molar-refractivity contribution in [3.05, 3.63) is 22.6 Å². The second-order valence-corrected chi connectivity index (χ2v) is 4.59. The Hall–Kier alpha value is -1.97. The van der Waals surface area contributed by atoms with E-state index < -0.39 is 36.8 Å². The van der Waals surface area contributed by atoms with Crippen molar-refractivity contribution in [1.82, 2.24) is 14.5 Å². The molecule has 1 fully saturated rings. The number of hydrogen-bond acceptors (Lipinski definition) is 6. The fraction of sp³-hybridized carbons (Fsp3) is 0.455. The lowest BCUT2D eigenvalue weighted by Crippen LogP contribution is -2.29. The van der Waals surface area contributed by atoms with Crippen molar-refractivity contribution in [2.75, 3.05) is 12.3 Å². The minimum Gasteiger partial charge on any atom is -0.394 e. The highest BCUT2D eigenvalue weighted by Crippen LogP contribution is 2.33. The fourth-order valence-corrected chi connectivity index (χ4v) is 2.35. The lowest BCUT2D eigenvalue weighted by Gasteiger charge is -2.16. The number of fused-ring (bicyclic) bond motifs is 1. The first-order valence-electron chi connectivity index (χ1n) is 5.97. The van der Waals surface area contributed by atoms with Crippen molar-refractivity contribution >= 4 is 17.0 Å². The van der Waals surface area contributed by atoms with Crippen LogP contribution in [0.25, 0.3) is 11.0 Å². The summed E-state index contributed by atoms with van der Waals surface area (Å²) in [5.74, 6) is -0.0922. The van der Waals surface area contributed by atoms with E-state index in [-0.39, 0.29) is 17.0 Å². The lowest BCUT2D eigenvalue weighted by molar-refractivity contribution is -0.0492. The topological polar surface area (TPSA) is 126 Å². The number of nitrogens with one attached hydrogen (secondary N) is 1. The maximum atomic E-state index is 13.7. The molecule has 0 aromatic carbocycles. The summed E-state index contributed by atoms with van der Waals surface area (Å²) in [6.07, 6.45) is -3.93. The number of H-pyrrole nitrogens is 1. The number of halogens is 1. The van der Waals surface area contributed by atoms with Crippen LogP contribution in [-0.2, 0) is 4.74 Å². The summed E-state index contributed by atoms with van der Waals surface area (Å²) in [5, 5.41) is 19.1. The largest absolute Gasteiger partial charge is 0.394 e. The summed E-state index contributed by atoms with van der Waals surface area (Å²) in [6.45, 7) is -0.552. The zero-order valence-corrected chi connectivity index (χ0v) is 10.2. The van der Waals surface area contributed by atoms with Gasteiger partial charge in [-0.3, -0.25) is 9.78 Å². The van der Waals surface area contributed by atoms with Crippen molar-refractivity contribution in [1.29, 1.82) is 0 Å². The minimum absolute atomic E-state index is 0.0922. The molecular formula is C11H13FN4O4. The van der Waals surface area contributed by atoms with Gasteiger partial charge in [0.15, 0.2) is 18.0 Å². The van der Waals surface area contributed by atoms with Crippen molar-refractivity contribution in [3.63, 3.8) is 0 Å². The molecule has 3 heterocycles. The number of nitrogens with two attached hydrogens (primary N) is 1. The molecule has 2 unspecified atom stereocenters. The summed E-state index contributed by atoms with van der Waals surface area (Å²) in [7, 11) is 0. The number of alkyl halides is 1. The van der Waals surface area contributed by atoms with Gasteiger partial charge < -0.3 is 25.3 Å². The molecule has 108 valence electrons. The molecule has 0 bridgehead atoms. The van der Waals surface area contributed by atoms with Gasteiger partial charge >= 0.3 is 0 Å². The zero-order chi connectivity index (χ0) is 14.4.